The van der Waals surface area contributed by atoms with Crippen molar-refractivity contribution >= 4 is 0 Å². The van der Waals surface area contributed by atoms with Crippen LogP contribution in [-0.2, 0) is 0 Å². The summed E-state index contributed by atoms with van der Waals surface area (Å²) >= 11 is 0. The Morgan fingerprint density at radius 3 is 2.87 bits per heavy atom. The van der Waals surface area contributed by atoms with Gasteiger partial charge in [-0.05, 0) is 49.1 Å². The SMILES string of the molecule is CC1CC(c2ccco2)CCC(C)(C)C1. The van der Waals surface area contributed by atoms with Crippen LogP contribution < -0.4 is 0 Å². The molecule has 15 heavy (non-hydrogen) atoms. The summed E-state index contributed by atoms with van der Waals surface area (Å²) in [6.45, 7) is 7.17. The fraction of sp³-hybridized carbons (Fsp3) is 0.714. The molecule has 1 aliphatic carbocycles. The second-order valence-electron chi connectivity index (χ2n) is 5.96. The molecule has 2 atom stereocenters. The minimum atomic E-state index is 0.515. The monoisotopic (exact) mass is 206 g/mol. The molecule has 1 heteroatoms. The van der Waals surface area contributed by atoms with E-state index in [4.69, 9.17) is 4.42 Å². The van der Waals surface area contributed by atoms with Crippen molar-refractivity contribution in [3.63, 3.8) is 0 Å². The topological polar surface area (TPSA) is 13.1 Å². The van der Waals surface area contributed by atoms with Crippen molar-refractivity contribution in [1.29, 1.82) is 0 Å². The first-order chi connectivity index (χ1) is 7.07. The maximum Gasteiger partial charge on any atom is 0.106 e. The van der Waals surface area contributed by atoms with Gasteiger partial charge in [0.05, 0.1) is 6.26 Å². The molecule has 0 amide bonds. The Bertz CT molecular complexity index is 297. The minimum Gasteiger partial charge on any atom is -0.469 e. The molecule has 0 radical (unpaired) electrons. The lowest BCUT2D eigenvalue weighted by Crippen LogP contribution is -2.12. The molecule has 0 saturated heterocycles. The van der Waals surface area contributed by atoms with E-state index in [2.05, 4.69) is 26.8 Å². The van der Waals surface area contributed by atoms with E-state index in [0.29, 0.717) is 11.3 Å². The third-order valence-corrected chi connectivity index (χ3v) is 3.70. The Kier molecular flexibility index (Phi) is 2.90. The molecule has 0 aromatic carbocycles. The van der Waals surface area contributed by atoms with Gasteiger partial charge in [-0.15, -0.1) is 0 Å². The first kappa shape index (κ1) is 10.8. The van der Waals surface area contributed by atoms with Gasteiger partial charge in [0, 0.05) is 5.92 Å². The van der Waals surface area contributed by atoms with Crippen LogP contribution in [0.4, 0.5) is 0 Å². The van der Waals surface area contributed by atoms with E-state index >= 15 is 0 Å². The summed E-state index contributed by atoms with van der Waals surface area (Å²) in [5.41, 5.74) is 0.515. The first-order valence-corrected chi connectivity index (χ1v) is 6.10. The fourth-order valence-electron chi connectivity index (χ4n) is 3.08. The third kappa shape index (κ3) is 2.64. The fourth-order valence-corrected chi connectivity index (χ4v) is 3.08. The maximum absolute atomic E-state index is 5.55. The van der Waals surface area contributed by atoms with Crippen LogP contribution in [0.2, 0.25) is 0 Å². The van der Waals surface area contributed by atoms with Gasteiger partial charge in [-0.3, -0.25) is 0 Å². The number of hydrogen-bond donors (Lipinski definition) is 0. The van der Waals surface area contributed by atoms with Gasteiger partial charge in [-0.2, -0.15) is 0 Å². The van der Waals surface area contributed by atoms with Crippen LogP contribution in [0.3, 0.4) is 0 Å². The van der Waals surface area contributed by atoms with Crippen molar-refractivity contribution in [3.8, 4) is 0 Å². The van der Waals surface area contributed by atoms with Crippen LogP contribution in [0.5, 0.6) is 0 Å². The molecule has 2 unspecified atom stereocenters. The molecule has 1 saturated carbocycles. The Morgan fingerprint density at radius 1 is 1.40 bits per heavy atom. The summed E-state index contributed by atoms with van der Waals surface area (Å²) < 4.78 is 5.55. The lowest BCUT2D eigenvalue weighted by atomic mass is 9.82. The van der Waals surface area contributed by atoms with Gasteiger partial charge < -0.3 is 4.42 Å². The van der Waals surface area contributed by atoms with Crippen molar-refractivity contribution < 1.29 is 4.42 Å². The van der Waals surface area contributed by atoms with E-state index < -0.39 is 0 Å². The number of rotatable bonds is 1. The molecule has 1 aliphatic rings. The van der Waals surface area contributed by atoms with Crippen molar-refractivity contribution in [2.24, 2.45) is 11.3 Å². The Labute approximate surface area is 92.9 Å². The summed E-state index contributed by atoms with van der Waals surface area (Å²) in [5, 5.41) is 0. The molecule has 84 valence electrons. The second-order valence-corrected chi connectivity index (χ2v) is 5.96. The van der Waals surface area contributed by atoms with E-state index in [1.807, 2.05) is 6.07 Å². The zero-order valence-electron chi connectivity index (χ0n) is 10.1. The molecule has 0 spiro atoms. The van der Waals surface area contributed by atoms with Gasteiger partial charge in [0.2, 0.25) is 0 Å². The van der Waals surface area contributed by atoms with E-state index in [1.165, 1.54) is 31.4 Å². The molecule has 0 aliphatic heterocycles. The van der Waals surface area contributed by atoms with Gasteiger partial charge >= 0.3 is 0 Å². The molecule has 2 rings (SSSR count). The van der Waals surface area contributed by atoms with Gasteiger partial charge in [-0.25, -0.2) is 0 Å². The quantitative estimate of drug-likeness (QED) is 0.612. The normalized spacial score (nSPS) is 31.1. The Hall–Kier alpha value is -0.720. The highest BCUT2D eigenvalue weighted by Gasteiger charge is 2.29. The predicted molar refractivity (Wildman–Crippen MR) is 62.9 cm³/mol. The number of hydrogen-bond acceptors (Lipinski definition) is 1. The summed E-state index contributed by atoms with van der Waals surface area (Å²) in [4.78, 5) is 0. The molecular formula is C14H22O. The van der Waals surface area contributed by atoms with Crippen LogP contribution in [-0.4, -0.2) is 0 Å². The van der Waals surface area contributed by atoms with Gasteiger partial charge in [-0.1, -0.05) is 20.8 Å². The molecule has 1 heterocycles. The van der Waals surface area contributed by atoms with Gasteiger partial charge in [0.1, 0.15) is 5.76 Å². The lowest BCUT2D eigenvalue weighted by molar-refractivity contribution is 0.277. The first-order valence-electron chi connectivity index (χ1n) is 6.10. The smallest absolute Gasteiger partial charge is 0.106 e. The van der Waals surface area contributed by atoms with Crippen LogP contribution in [0.25, 0.3) is 0 Å². The molecule has 0 N–H and O–H groups in total. The zero-order chi connectivity index (χ0) is 10.9. The molecule has 1 fully saturated rings. The Morgan fingerprint density at radius 2 is 2.20 bits per heavy atom. The standard InChI is InChI=1S/C14H22O/c1-11-9-12(13-5-4-8-15-13)6-7-14(2,3)10-11/h4-5,8,11-12H,6-7,9-10H2,1-3H3. The largest absolute Gasteiger partial charge is 0.469 e. The molecule has 1 nitrogen and oxygen atoms in total. The van der Waals surface area contributed by atoms with Gasteiger partial charge in [0.25, 0.3) is 0 Å². The average Bonchev–Trinajstić information content (AvgIpc) is 2.59. The Balaban J connectivity index is 2.10. The highest BCUT2D eigenvalue weighted by atomic mass is 16.3. The maximum atomic E-state index is 5.55. The van der Waals surface area contributed by atoms with Crippen LogP contribution in [0, 0.1) is 11.3 Å². The third-order valence-electron chi connectivity index (χ3n) is 3.70. The van der Waals surface area contributed by atoms with E-state index in [1.54, 1.807) is 6.26 Å². The second kappa shape index (κ2) is 4.03. The molecule has 0 bridgehead atoms. The van der Waals surface area contributed by atoms with E-state index in [0.717, 1.165) is 5.92 Å². The summed E-state index contributed by atoms with van der Waals surface area (Å²) in [5.74, 6) is 2.66. The summed E-state index contributed by atoms with van der Waals surface area (Å²) in [7, 11) is 0. The molecule has 1 aromatic rings. The van der Waals surface area contributed by atoms with E-state index in [9.17, 15) is 0 Å². The van der Waals surface area contributed by atoms with Crippen molar-refractivity contribution in [2.75, 3.05) is 0 Å². The van der Waals surface area contributed by atoms with Crippen LogP contribution >= 0.6 is 0 Å². The summed E-state index contributed by atoms with van der Waals surface area (Å²) in [6, 6.07) is 4.14. The van der Waals surface area contributed by atoms with Crippen LogP contribution in [0.1, 0.15) is 58.1 Å². The van der Waals surface area contributed by atoms with E-state index in [-0.39, 0.29) is 0 Å². The van der Waals surface area contributed by atoms with Crippen molar-refractivity contribution in [1.82, 2.24) is 0 Å². The zero-order valence-corrected chi connectivity index (χ0v) is 10.1. The highest BCUT2D eigenvalue weighted by molar-refractivity contribution is 5.06. The summed E-state index contributed by atoms with van der Waals surface area (Å²) in [6.07, 6.45) is 7.05. The lowest BCUT2D eigenvalue weighted by Gasteiger charge is -2.24. The van der Waals surface area contributed by atoms with Crippen molar-refractivity contribution in [3.05, 3.63) is 24.2 Å². The van der Waals surface area contributed by atoms with Gasteiger partial charge in [0.15, 0.2) is 0 Å². The highest BCUT2D eigenvalue weighted by Crippen LogP contribution is 2.42. The van der Waals surface area contributed by atoms with Crippen LogP contribution in [0.15, 0.2) is 22.8 Å². The predicted octanol–water partition coefficient (Wildman–Crippen LogP) is 4.60. The number of furan rings is 1. The minimum absolute atomic E-state index is 0.515. The van der Waals surface area contributed by atoms with Crippen molar-refractivity contribution in [2.45, 2.75) is 52.4 Å². The molecular weight excluding hydrogens is 184 g/mol. The molecule has 1 aromatic heterocycles. The average molecular weight is 206 g/mol.